The van der Waals surface area contributed by atoms with Gasteiger partial charge >= 0.3 is 12.1 Å². The molecule has 31 heavy (non-hydrogen) atoms. The topological polar surface area (TPSA) is 105 Å². The maximum absolute atomic E-state index is 12.4. The van der Waals surface area contributed by atoms with E-state index < -0.39 is 18.1 Å². The molecule has 1 aliphatic carbocycles. The van der Waals surface area contributed by atoms with Crippen LogP contribution in [0.4, 0.5) is 4.79 Å². The summed E-state index contributed by atoms with van der Waals surface area (Å²) in [5.74, 6) is -1.33. The van der Waals surface area contributed by atoms with Crippen molar-refractivity contribution >= 4 is 18.0 Å². The fourth-order valence-corrected chi connectivity index (χ4v) is 3.88. The average Bonchev–Trinajstić information content (AvgIpc) is 3.08. The Labute approximate surface area is 181 Å². The maximum atomic E-state index is 12.4. The average molecular weight is 424 g/mol. The highest BCUT2D eigenvalue weighted by Gasteiger charge is 2.29. The van der Waals surface area contributed by atoms with Crippen LogP contribution in [0, 0.1) is 0 Å². The van der Waals surface area contributed by atoms with Crippen molar-refractivity contribution in [1.82, 2.24) is 10.6 Å². The quantitative estimate of drug-likeness (QED) is 0.570. The van der Waals surface area contributed by atoms with Gasteiger partial charge in [0.2, 0.25) is 5.91 Å². The molecule has 164 valence electrons. The first-order chi connectivity index (χ1) is 14.9. The van der Waals surface area contributed by atoms with Gasteiger partial charge in [0.25, 0.3) is 0 Å². The van der Waals surface area contributed by atoms with Crippen molar-refractivity contribution in [3.63, 3.8) is 0 Å². The van der Waals surface area contributed by atoms with Crippen molar-refractivity contribution < 1.29 is 24.2 Å². The van der Waals surface area contributed by atoms with Crippen molar-refractivity contribution in [2.45, 2.75) is 51.1 Å². The zero-order valence-electron chi connectivity index (χ0n) is 17.8. The predicted molar refractivity (Wildman–Crippen MR) is 117 cm³/mol. The highest BCUT2D eigenvalue weighted by atomic mass is 16.5. The summed E-state index contributed by atoms with van der Waals surface area (Å²) in [7, 11) is 0. The molecule has 1 unspecified atom stereocenters. The van der Waals surface area contributed by atoms with Gasteiger partial charge in [0, 0.05) is 18.4 Å². The molecule has 0 aromatic heterocycles. The number of hydrogen-bond acceptors (Lipinski definition) is 4. The van der Waals surface area contributed by atoms with E-state index in [4.69, 9.17) is 9.84 Å². The van der Waals surface area contributed by atoms with Crippen LogP contribution in [0.15, 0.2) is 48.5 Å². The first-order valence-electron chi connectivity index (χ1n) is 10.5. The second-order valence-corrected chi connectivity index (χ2v) is 7.74. The minimum atomic E-state index is -0.905. The fraction of sp³-hybridized carbons (Fsp3) is 0.375. The number of amides is 2. The van der Waals surface area contributed by atoms with E-state index in [1.54, 1.807) is 6.92 Å². The zero-order chi connectivity index (χ0) is 22.4. The third-order valence-corrected chi connectivity index (χ3v) is 5.62. The Kier molecular flexibility index (Phi) is 7.28. The summed E-state index contributed by atoms with van der Waals surface area (Å²) in [4.78, 5) is 35.4. The van der Waals surface area contributed by atoms with E-state index in [2.05, 4.69) is 22.8 Å². The van der Waals surface area contributed by atoms with Crippen molar-refractivity contribution in [3.05, 3.63) is 59.7 Å². The van der Waals surface area contributed by atoms with E-state index >= 15 is 0 Å². The molecule has 2 aromatic carbocycles. The molecule has 2 atom stereocenters. The molecule has 7 heteroatoms. The number of benzene rings is 2. The van der Waals surface area contributed by atoms with Crippen LogP contribution < -0.4 is 10.6 Å². The Morgan fingerprint density at radius 3 is 2.13 bits per heavy atom. The van der Waals surface area contributed by atoms with E-state index in [0.717, 1.165) is 22.3 Å². The first kappa shape index (κ1) is 22.3. The van der Waals surface area contributed by atoms with Gasteiger partial charge in [-0.25, -0.2) is 4.79 Å². The van der Waals surface area contributed by atoms with E-state index in [0.29, 0.717) is 12.8 Å². The molecule has 0 aliphatic heterocycles. The van der Waals surface area contributed by atoms with Gasteiger partial charge in [-0.2, -0.15) is 0 Å². The van der Waals surface area contributed by atoms with Gasteiger partial charge in [0.15, 0.2) is 0 Å². The number of carbonyl (C=O) groups is 3. The van der Waals surface area contributed by atoms with Gasteiger partial charge in [-0.3, -0.25) is 9.59 Å². The Bertz CT molecular complexity index is 913. The lowest BCUT2D eigenvalue weighted by atomic mass is 9.98. The van der Waals surface area contributed by atoms with Crippen LogP contribution in [-0.2, 0) is 14.3 Å². The number of rotatable bonds is 9. The number of nitrogens with one attached hydrogen (secondary N) is 2. The summed E-state index contributed by atoms with van der Waals surface area (Å²) in [6.07, 6.45) is 0.266. The van der Waals surface area contributed by atoms with Crippen LogP contribution in [0.3, 0.4) is 0 Å². The first-order valence-corrected chi connectivity index (χ1v) is 10.5. The second-order valence-electron chi connectivity index (χ2n) is 7.74. The van der Waals surface area contributed by atoms with Crippen molar-refractivity contribution in [1.29, 1.82) is 0 Å². The number of ether oxygens (including phenoxy) is 1. The molecule has 2 amide bonds. The Hall–Kier alpha value is -3.35. The monoisotopic (exact) mass is 424 g/mol. The lowest BCUT2D eigenvalue weighted by molar-refractivity contribution is -0.137. The van der Waals surface area contributed by atoms with Gasteiger partial charge in [0.05, 0.1) is 0 Å². The lowest BCUT2D eigenvalue weighted by Gasteiger charge is -2.20. The van der Waals surface area contributed by atoms with Gasteiger partial charge < -0.3 is 20.5 Å². The van der Waals surface area contributed by atoms with E-state index in [1.807, 2.05) is 43.3 Å². The molecule has 7 nitrogen and oxygen atoms in total. The minimum Gasteiger partial charge on any atom is -0.481 e. The molecule has 0 saturated carbocycles. The summed E-state index contributed by atoms with van der Waals surface area (Å²) in [6, 6.07) is 15.1. The number of fused-ring (bicyclic) bond motifs is 3. The van der Waals surface area contributed by atoms with Crippen LogP contribution in [0.25, 0.3) is 11.1 Å². The van der Waals surface area contributed by atoms with Crippen LogP contribution >= 0.6 is 0 Å². The van der Waals surface area contributed by atoms with Crippen LogP contribution in [0.2, 0.25) is 0 Å². The maximum Gasteiger partial charge on any atom is 0.407 e. The highest BCUT2D eigenvalue weighted by molar-refractivity contribution is 5.85. The molecule has 0 bridgehead atoms. The largest absolute Gasteiger partial charge is 0.481 e. The van der Waals surface area contributed by atoms with Crippen LogP contribution in [0.1, 0.15) is 50.2 Å². The molecule has 2 aromatic rings. The molecule has 0 fully saturated rings. The summed E-state index contributed by atoms with van der Waals surface area (Å²) in [6.45, 7) is 3.61. The number of hydrogen-bond donors (Lipinski definition) is 3. The summed E-state index contributed by atoms with van der Waals surface area (Å²) in [5.41, 5.74) is 4.52. The molecule has 0 spiro atoms. The highest BCUT2D eigenvalue weighted by Crippen LogP contribution is 2.44. The van der Waals surface area contributed by atoms with Gasteiger partial charge in [-0.15, -0.1) is 0 Å². The number of carboxylic acid groups (broad SMARTS) is 1. The summed E-state index contributed by atoms with van der Waals surface area (Å²) in [5, 5.41) is 14.1. The summed E-state index contributed by atoms with van der Waals surface area (Å²) < 4.78 is 5.46. The number of alkyl carbamates (subject to hydrolysis) is 1. The Morgan fingerprint density at radius 2 is 1.58 bits per heavy atom. The third-order valence-electron chi connectivity index (χ3n) is 5.62. The molecule has 3 rings (SSSR count). The second kappa shape index (κ2) is 10.1. The van der Waals surface area contributed by atoms with Gasteiger partial charge in [0.1, 0.15) is 12.6 Å². The molecule has 1 aliphatic rings. The van der Waals surface area contributed by atoms with Gasteiger partial charge in [-0.05, 0) is 42.0 Å². The number of aliphatic carboxylic acids is 1. The van der Waals surface area contributed by atoms with Crippen molar-refractivity contribution in [2.75, 3.05) is 6.61 Å². The van der Waals surface area contributed by atoms with Crippen molar-refractivity contribution in [3.8, 4) is 11.1 Å². The minimum absolute atomic E-state index is 0.0209. The van der Waals surface area contributed by atoms with Crippen LogP contribution in [0.5, 0.6) is 0 Å². The van der Waals surface area contributed by atoms with E-state index in [9.17, 15) is 14.4 Å². The standard InChI is InChI=1S/C24H28N2O5/c1-3-16(12-13-22(27)28)26-23(29)15(2)25-24(30)31-14-21-19-10-6-4-8-17(19)18-9-5-7-11-20(18)21/h4-11,15-16,21H,3,12-14H2,1-2H3,(H,25,30)(H,26,29)(H,27,28)/t15-,16?/m1/s1. The number of carboxylic acids is 1. The molecule has 0 heterocycles. The molecule has 3 N–H and O–H groups in total. The lowest BCUT2D eigenvalue weighted by Crippen LogP contribution is -2.48. The smallest absolute Gasteiger partial charge is 0.407 e. The molecular weight excluding hydrogens is 396 g/mol. The molecule has 0 radical (unpaired) electrons. The molecule has 0 saturated heterocycles. The number of carbonyl (C=O) groups excluding carboxylic acids is 2. The fourth-order valence-electron chi connectivity index (χ4n) is 3.88. The van der Waals surface area contributed by atoms with E-state index in [-0.39, 0.29) is 30.9 Å². The van der Waals surface area contributed by atoms with Crippen LogP contribution in [-0.4, -0.2) is 41.8 Å². The normalized spacial score (nSPS) is 14.1. The van der Waals surface area contributed by atoms with Crippen molar-refractivity contribution in [2.24, 2.45) is 0 Å². The summed E-state index contributed by atoms with van der Waals surface area (Å²) >= 11 is 0. The molecular formula is C24H28N2O5. The predicted octanol–water partition coefficient (Wildman–Crippen LogP) is 3.67. The zero-order valence-corrected chi connectivity index (χ0v) is 17.8. The van der Waals surface area contributed by atoms with Gasteiger partial charge in [-0.1, -0.05) is 55.5 Å². The Morgan fingerprint density at radius 1 is 1.00 bits per heavy atom. The van der Waals surface area contributed by atoms with E-state index in [1.165, 1.54) is 0 Å². The Balaban J connectivity index is 1.54. The third kappa shape index (κ3) is 5.42. The SMILES string of the molecule is CCC(CCC(=O)O)NC(=O)[C@@H](C)NC(=O)OCC1c2ccccc2-c2ccccc21.